The molecular weight excluding hydrogens is 221 g/mol. The van der Waals surface area contributed by atoms with Crippen molar-refractivity contribution in [2.75, 3.05) is 20.2 Å². The first-order valence-electron chi connectivity index (χ1n) is 5.76. The van der Waals surface area contributed by atoms with Gasteiger partial charge in [0.15, 0.2) is 0 Å². The van der Waals surface area contributed by atoms with Crippen LogP contribution in [0.25, 0.3) is 0 Å². The van der Waals surface area contributed by atoms with E-state index in [-0.39, 0.29) is 23.6 Å². The maximum absolute atomic E-state index is 12.9. The van der Waals surface area contributed by atoms with Gasteiger partial charge in [-0.25, -0.2) is 4.39 Å². The van der Waals surface area contributed by atoms with E-state index in [1.54, 1.807) is 12.1 Å². The van der Waals surface area contributed by atoms with E-state index in [0.717, 1.165) is 25.1 Å². The smallest absolute Gasteiger partial charge is 0.309 e. The first-order valence-corrected chi connectivity index (χ1v) is 5.76. The van der Waals surface area contributed by atoms with Crippen molar-refractivity contribution in [1.82, 2.24) is 5.32 Å². The lowest BCUT2D eigenvalue weighted by Crippen LogP contribution is -2.39. The van der Waals surface area contributed by atoms with E-state index in [2.05, 4.69) is 5.32 Å². The van der Waals surface area contributed by atoms with Crippen LogP contribution in [-0.2, 0) is 9.53 Å². The maximum atomic E-state index is 12.9. The number of hydrogen-bond donors (Lipinski definition) is 1. The highest BCUT2D eigenvalue weighted by Gasteiger charge is 2.32. The van der Waals surface area contributed by atoms with E-state index < -0.39 is 0 Å². The van der Waals surface area contributed by atoms with Gasteiger partial charge in [0.1, 0.15) is 5.82 Å². The highest BCUT2D eigenvalue weighted by Crippen LogP contribution is 2.30. The third-order valence-electron chi connectivity index (χ3n) is 3.28. The third kappa shape index (κ3) is 2.64. The lowest BCUT2D eigenvalue weighted by atomic mass is 9.81. The molecule has 4 heteroatoms. The Morgan fingerprint density at radius 2 is 2.12 bits per heavy atom. The fourth-order valence-corrected chi connectivity index (χ4v) is 2.35. The Morgan fingerprint density at radius 3 is 2.76 bits per heavy atom. The molecule has 17 heavy (non-hydrogen) atoms. The normalized spacial score (nSPS) is 24.4. The number of esters is 1. The van der Waals surface area contributed by atoms with E-state index in [1.807, 2.05) is 0 Å². The summed E-state index contributed by atoms with van der Waals surface area (Å²) in [7, 11) is 1.41. The Balaban J connectivity index is 2.21. The number of benzene rings is 1. The van der Waals surface area contributed by atoms with Gasteiger partial charge in [-0.2, -0.15) is 0 Å². The average molecular weight is 237 g/mol. The van der Waals surface area contributed by atoms with Crippen molar-refractivity contribution in [1.29, 1.82) is 0 Å². The molecule has 1 aromatic rings. The van der Waals surface area contributed by atoms with Gasteiger partial charge in [0, 0.05) is 12.5 Å². The summed E-state index contributed by atoms with van der Waals surface area (Å²) in [6.07, 6.45) is 0.759. The van der Waals surface area contributed by atoms with Crippen LogP contribution in [0.3, 0.4) is 0 Å². The zero-order chi connectivity index (χ0) is 12.3. The first kappa shape index (κ1) is 12.0. The summed E-state index contributed by atoms with van der Waals surface area (Å²) in [6.45, 7) is 1.54. The minimum absolute atomic E-state index is 0.0665. The molecule has 0 unspecified atom stereocenters. The molecule has 1 aromatic carbocycles. The van der Waals surface area contributed by atoms with Gasteiger partial charge in [0.25, 0.3) is 0 Å². The molecule has 2 atom stereocenters. The largest absolute Gasteiger partial charge is 0.469 e. The highest BCUT2D eigenvalue weighted by atomic mass is 19.1. The van der Waals surface area contributed by atoms with E-state index in [0.29, 0.717) is 0 Å². The molecule has 0 aliphatic carbocycles. The number of carbonyl (C=O) groups excluding carboxylic acids is 1. The molecule has 1 aliphatic rings. The fraction of sp³-hybridized carbons (Fsp3) is 0.462. The van der Waals surface area contributed by atoms with Crippen LogP contribution in [0.4, 0.5) is 4.39 Å². The van der Waals surface area contributed by atoms with Crippen molar-refractivity contribution in [2.24, 2.45) is 5.92 Å². The number of rotatable bonds is 2. The Labute approximate surface area is 100.0 Å². The first-order chi connectivity index (χ1) is 8.22. The quantitative estimate of drug-likeness (QED) is 0.795. The Morgan fingerprint density at radius 1 is 1.41 bits per heavy atom. The molecule has 92 valence electrons. The van der Waals surface area contributed by atoms with Gasteiger partial charge in [-0.15, -0.1) is 0 Å². The highest BCUT2D eigenvalue weighted by molar-refractivity contribution is 5.73. The molecule has 1 heterocycles. The molecule has 0 spiro atoms. The summed E-state index contributed by atoms with van der Waals surface area (Å²) in [5, 5.41) is 3.26. The van der Waals surface area contributed by atoms with Crippen LogP contribution in [0, 0.1) is 11.7 Å². The molecule has 1 saturated heterocycles. The Bertz CT molecular complexity index is 391. The second-order valence-electron chi connectivity index (χ2n) is 4.28. The molecule has 2 rings (SSSR count). The van der Waals surface area contributed by atoms with Crippen molar-refractivity contribution >= 4 is 5.97 Å². The predicted octanol–water partition coefficient (Wildman–Crippen LogP) is 1.69. The van der Waals surface area contributed by atoms with Gasteiger partial charge in [-0.1, -0.05) is 12.1 Å². The van der Waals surface area contributed by atoms with Gasteiger partial charge in [-0.3, -0.25) is 4.79 Å². The molecule has 0 radical (unpaired) electrons. The van der Waals surface area contributed by atoms with E-state index in [9.17, 15) is 9.18 Å². The molecule has 0 bridgehead atoms. The molecule has 1 aliphatic heterocycles. The average Bonchev–Trinajstić information content (AvgIpc) is 2.39. The van der Waals surface area contributed by atoms with Crippen molar-refractivity contribution in [2.45, 2.75) is 12.3 Å². The number of methoxy groups -OCH3 is 1. The van der Waals surface area contributed by atoms with Crippen molar-refractivity contribution in [3.05, 3.63) is 35.6 Å². The lowest BCUT2D eigenvalue weighted by Gasteiger charge is -2.30. The number of piperidine rings is 1. The molecule has 1 fully saturated rings. The van der Waals surface area contributed by atoms with Crippen LogP contribution in [-0.4, -0.2) is 26.2 Å². The summed E-state index contributed by atoms with van der Waals surface area (Å²) in [6, 6.07) is 6.34. The van der Waals surface area contributed by atoms with Crippen LogP contribution >= 0.6 is 0 Å². The van der Waals surface area contributed by atoms with Crippen molar-refractivity contribution in [3.63, 3.8) is 0 Å². The van der Waals surface area contributed by atoms with Crippen molar-refractivity contribution in [3.8, 4) is 0 Å². The minimum Gasteiger partial charge on any atom is -0.469 e. The SMILES string of the molecule is COC(=O)[C@H]1CCNC[C@H]1c1ccc(F)cc1. The van der Waals surface area contributed by atoms with Gasteiger partial charge < -0.3 is 10.1 Å². The zero-order valence-corrected chi connectivity index (χ0v) is 9.78. The molecule has 3 nitrogen and oxygen atoms in total. The minimum atomic E-state index is -0.257. The second kappa shape index (κ2) is 5.27. The van der Waals surface area contributed by atoms with E-state index >= 15 is 0 Å². The van der Waals surface area contributed by atoms with Crippen LogP contribution in [0.2, 0.25) is 0 Å². The van der Waals surface area contributed by atoms with Crippen molar-refractivity contribution < 1.29 is 13.9 Å². The van der Waals surface area contributed by atoms with Gasteiger partial charge >= 0.3 is 5.97 Å². The number of halogens is 1. The molecular formula is C13H16FNO2. The number of nitrogens with one attached hydrogen (secondary N) is 1. The second-order valence-corrected chi connectivity index (χ2v) is 4.28. The van der Waals surface area contributed by atoms with E-state index in [1.165, 1.54) is 19.2 Å². The predicted molar refractivity (Wildman–Crippen MR) is 62.1 cm³/mol. The zero-order valence-electron chi connectivity index (χ0n) is 9.78. The van der Waals surface area contributed by atoms with Crippen LogP contribution < -0.4 is 5.32 Å². The maximum Gasteiger partial charge on any atom is 0.309 e. The van der Waals surface area contributed by atoms with Crippen LogP contribution in [0.15, 0.2) is 24.3 Å². The molecule has 0 amide bonds. The number of carbonyl (C=O) groups is 1. The summed E-state index contributed by atoms with van der Waals surface area (Å²) >= 11 is 0. The fourth-order valence-electron chi connectivity index (χ4n) is 2.35. The topological polar surface area (TPSA) is 38.3 Å². The van der Waals surface area contributed by atoms with Gasteiger partial charge in [0.2, 0.25) is 0 Å². The summed E-state index contributed by atoms with van der Waals surface area (Å²) in [5.74, 6) is -0.503. The number of ether oxygens (including phenoxy) is 1. The monoisotopic (exact) mass is 237 g/mol. The molecule has 0 saturated carbocycles. The third-order valence-corrected chi connectivity index (χ3v) is 3.28. The van der Waals surface area contributed by atoms with E-state index in [4.69, 9.17) is 4.74 Å². The van der Waals surface area contributed by atoms with Crippen LogP contribution in [0.5, 0.6) is 0 Å². The Kier molecular flexibility index (Phi) is 3.74. The summed E-state index contributed by atoms with van der Waals surface area (Å²) in [4.78, 5) is 11.7. The Hall–Kier alpha value is -1.42. The molecule has 1 N–H and O–H groups in total. The van der Waals surface area contributed by atoms with Gasteiger partial charge in [0.05, 0.1) is 13.0 Å². The van der Waals surface area contributed by atoms with Crippen LogP contribution in [0.1, 0.15) is 17.9 Å². The molecule has 0 aromatic heterocycles. The summed E-state index contributed by atoms with van der Waals surface area (Å²) in [5.41, 5.74) is 0.981. The lowest BCUT2D eigenvalue weighted by molar-refractivity contribution is -0.147. The summed E-state index contributed by atoms with van der Waals surface area (Å²) < 4.78 is 17.7. The van der Waals surface area contributed by atoms with Gasteiger partial charge in [-0.05, 0) is 30.7 Å². The number of hydrogen-bond acceptors (Lipinski definition) is 3. The standard InChI is InChI=1S/C13H16FNO2/c1-17-13(16)11-6-7-15-8-12(11)9-2-4-10(14)5-3-9/h2-5,11-12,15H,6-8H2,1H3/t11-,12-/m0/s1.